The van der Waals surface area contributed by atoms with Crippen LogP contribution in [0.1, 0.15) is 24.1 Å². The molecule has 0 aliphatic rings. The number of ether oxygens (including phenoxy) is 1. The molecule has 0 bridgehead atoms. The third kappa shape index (κ3) is 2.94. The Hall–Kier alpha value is -1.26. The SMILES string of the molecule is COc1ccc(Br)c(Cn2ccc(C(C)N)c2)c1. The van der Waals surface area contributed by atoms with Crippen LogP contribution in [0.15, 0.2) is 41.1 Å². The van der Waals surface area contributed by atoms with Crippen molar-refractivity contribution in [2.24, 2.45) is 5.73 Å². The normalized spacial score (nSPS) is 12.4. The highest BCUT2D eigenvalue weighted by molar-refractivity contribution is 9.10. The van der Waals surface area contributed by atoms with Gasteiger partial charge in [0.25, 0.3) is 0 Å². The molecule has 0 amide bonds. The minimum atomic E-state index is 0.0694. The average molecular weight is 309 g/mol. The first-order valence-corrected chi connectivity index (χ1v) is 6.63. The number of nitrogens with zero attached hydrogens (tertiary/aromatic N) is 1. The van der Waals surface area contributed by atoms with Crippen molar-refractivity contribution in [3.05, 3.63) is 52.3 Å². The van der Waals surface area contributed by atoms with Gasteiger partial charge in [-0.3, -0.25) is 0 Å². The topological polar surface area (TPSA) is 40.2 Å². The third-order valence-corrected chi connectivity index (χ3v) is 3.68. The van der Waals surface area contributed by atoms with Crippen LogP contribution in [0.3, 0.4) is 0 Å². The molecule has 0 fully saturated rings. The molecular weight excluding hydrogens is 292 g/mol. The van der Waals surface area contributed by atoms with Crippen LogP contribution < -0.4 is 10.5 Å². The first-order chi connectivity index (χ1) is 8.60. The molecule has 0 saturated carbocycles. The Morgan fingerprint density at radius 3 is 2.78 bits per heavy atom. The van der Waals surface area contributed by atoms with Gasteiger partial charge in [0.1, 0.15) is 5.75 Å². The Morgan fingerprint density at radius 1 is 1.39 bits per heavy atom. The van der Waals surface area contributed by atoms with Gasteiger partial charge in [0.2, 0.25) is 0 Å². The smallest absolute Gasteiger partial charge is 0.119 e. The molecular formula is C14H17BrN2O. The zero-order chi connectivity index (χ0) is 13.1. The molecule has 1 unspecified atom stereocenters. The van der Waals surface area contributed by atoms with Gasteiger partial charge < -0.3 is 15.0 Å². The zero-order valence-corrected chi connectivity index (χ0v) is 12.1. The summed E-state index contributed by atoms with van der Waals surface area (Å²) in [5.41, 5.74) is 8.18. The van der Waals surface area contributed by atoms with Gasteiger partial charge in [-0.15, -0.1) is 0 Å². The summed E-state index contributed by atoms with van der Waals surface area (Å²) in [7, 11) is 1.68. The van der Waals surface area contributed by atoms with E-state index >= 15 is 0 Å². The molecule has 18 heavy (non-hydrogen) atoms. The molecule has 3 nitrogen and oxygen atoms in total. The molecule has 0 aliphatic carbocycles. The summed E-state index contributed by atoms with van der Waals surface area (Å²) >= 11 is 3.56. The van der Waals surface area contributed by atoms with E-state index in [1.807, 2.05) is 31.3 Å². The second-order valence-corrected chi connectivity index (χ2v) is 5.22. The van der Waals surface area contributed by atoms with E-state index in [2.05, 4.69) is 32.8 Å². The Morgan fingerprint density at radius 2 is 2.17 bits per heavy atom. The van der Waals surface area contributed by atoms with Crippen molar-refractivity contribution >= 4 is 15.9 Å². The van der Waals surface area contributed by atoms with Crippen LogP contribution >= 0.6 is 15.9 Å². The molecule has 2 N–H and O–H groups in total. The summed E-state index contributed by atoms with van der Waals surface area (Å²) < 4.78 is 8.45. The van der Waals surface area contributed by atoms with Crippen molar-refractivity contribution in [3.63, 3.8) is 0 Å². The first kappa shape index (κ1) is 13.2. The van der Waals surface area contributed by atoms with Crippen molar-refractivity contribution in [3.8, 4) is 5.75 Å². The largest absolute Gasteiger partial charge is 0.497 e. The predicted molar refractivity (Wildman–Crippen MR) is 76.8 cm³/mol. The Bertz CT molecular complexity index is 534. The molecule has 0 aliphatic heterocycles. The maximum Gasteiger partial charge on any atom is 0.119 e. The fourth-order valence-corrected chi connectivity index (χ4v) is 2.19. The van der Waals surface area contributed by atoms with Crippen LogP contribution in [0.25, 0.3) is 0 Å². The maximum atomic E-state index is 5.85. The fraction of sp³-hybridized carbons (Fsp3) is 0.286. The molecule has 0 radical (unpaired) electrons. The number of nitrogens with two attached hydrogens (primary N) is 1. The molecule has 1 heterocycles. The third-order valence-electron chi connectivity index (χ3n) is 2.90. The van der Waals surface area contributed by atoms with Gasteiger partial charge in [-0.25, -0.2) is 0 Å². The Kier molecular flexibility index (Phi) is 4.09. The van der Waals surface area contributed by atoms with Gasteiger partial charge >= 0.3 is 0 Å². The van der Waals surface area contributed by atoms with Gasteiger partial charge in [-0.05, 0) is 42.3 Å². The lowest BCUT2D eigenvalue weighted by Gasteiger charge is -2.08. The minimum Gasteiger partial charge on any atom is -0.497 e. The van der Waals surface area contributed by atoms with Gasteiger partial charge in [0.05, 0.1) is 7.11 Å². The van der Waals surface area contributed by atoms with Crippen LogP contribution in [-0.2, 0) is 6.54 Å². The number of hydrogen-bond acceptors (Lipinski definition) is 2. The van der Waals surface area contributed by atoms with Gasteiger partial charge in [-0.1, -0.05) is 15.9 Å². The molecule has 1 aromatic carbocycles. The minimum absolute atomic E-state index is 0.0694. The van der Waals surface area contributed by atoms with Crippen LogP contribution in [0.5, 0.6) is 5.75 Å². The standard InChI is InChI=1S/C14H17BrN2O/c1-10(16)11-5-6-17(8-11)9-12-7-13(18-2)3-4-14(12)15/h3-8,10H,9,16H2,1-2H3. The van der Waals surface area contributed by atoms with E-state index in [4.69, 9.17) is 10.5 Å². The van der Waals surface area contributed by atoms with E-state index in [0.29, 0.717) is 0 Å². The van der Waals surface area contributed by atoms with Crippen molar-refractivity contribution in [1.29, 1.82) is 0 Å². The van der Waals surface area contributed by atoms with Gasteiger partial charge in [0.15, 0.2) is 0 Å². The van der Waals surface area contributed by atoms with Gasteiger partial charge in [-0.2, -0.15) is 0 Å². The zero-order valence-electron chi connectivity index (χ0n) is 10.6. The number of halogens is 1. The summed E-state index contributed by atoms with van der Waals surface area (Å²) in [5.74, 6) is 0.868. The number of benzene rings is 1. The van der Waals surface area contributed by atoms with E-state index in [-0.39, 0.29) is 6.04 Å². The number of aromatic nitrogens is 1. The molecule has 0 spiro atoms. The molecule has 2 rings (SSSR count). The lowest BCUT2D eigenvalue weighted by Crippen LogP contribution is -2.04. The Balaban J connectivity index is 2.22. The lowest BCUT2D eigenvalue weighted by molar-refractivity contribution is 0.414. The molecule has 4 heteroatoms. The van der Waals surface area contributed by atoms with Crippen molar-refractivity contribution < 1.29 is 4.74 Å². The Labute approximate surface area is 116 Å². The molecule has 0 saturated heterocycles. The van der Waals surface area contributed by atoms with E-state index in [1.54, 1.807) is 7.11 Å². The highest BCUT2D eigenvalue weighted by atomic mass is 79.9. The van der Waals surface area contributed by atoms with Crippen LogP contribution in [-0.4, -0.2) is 11.7 Å². The van der Waals surface area contributed by atoms with Crippen LogP contribution in [0.2, 0.25) is 0 Å². The van der Waals surface area contributed by atoms with Crippen molar-refractivity contribution in [2.75, 3.05) is 7.11 Å². The summed E-state index contributed by atoms with van der Waals surface area (Å²) in [6, 6.07) is 8.11. The summed E-state index contributed by atoms with van der Waals surface area (Å²) in [5, 5.41) is 0. The van der Waals surface area contributed by atoms with Crippen LogP contribution in [0.4, 0.5) is 0 Å². The highest BCUT2D eigenvalue weighted by Crippen LogP contribution is 2.23. The fourth-order valence-electron chi connectivity index (χ4n) is 1.82. The molecule has 1 atom stereocenters. The van der Waals surface area contributed by atoms with E-state index < -0.39 is 0 Å². The van der Waals surface area contributed by atoms with E-state index in [0.717, 1.165) is 22.3 Å². The second kappa shape index (κ2) is 5.59. The molecule has 1 aromatic heterocycles. The summed E-state index contributed by atoms with van der Waals surface area (Å²) in [6.45, 7) is 2.78. The van der Waals surface area contributed by atoms with E-state index in [9.17, 15) is 0 Å². The van der Waals surface area contributed by atoms with Crippen LogP contribution in [0, 0.1) is 0 Å². The van der Waals surface area contributed by atoms with Crippen molar-refractivity contribution in [2.45, 2.75) is 19.5 Å². The molecule has 96 valence electrons. The highest BCUT2D eigenvalue weighted by Gasteiger charge is 2.05. The first-order valence-electron chi connectivity index (χ1n) is 5.84. The number of rotatable bonds is 4. The van der Waals surface area contributed by atoms with Gasteiger partial charge in [0, 0.05) is 29.5 Å². The average Bonchev–Trinajstić information content (AvgIpc) is 2.81. The summed E-state index contributed by atoms with van der Waals surface area (Å²) in [6.07, 6.45) is 4.13. The molecule has 2 aromatic rings. The predicted octanol–water partition coefficient (Wildman–Crippen LogP) is 3.33. The summed E-state index contributed by atoms with van der Waals surface area (Å²) in [4.78, 5) is 0. The quantitative estimate of drug-likeness (QED) is 0.941. The monoisotopic (exact) mass is 308 g/mol. The second-order valence-electron chi connectivity index (χ2n) is 4.36. The lowest BCUT2D eigenvalue weighted by atomic mass is 10.2. The van der Waals surface area contributed by atoms with Crippen molar-refractivity contribution in [1.82, 2.24) is 4.57 Å². The number of methoxy groups -OCH3 is 1. The maximum absolute atomic E-state index is 5.85. The number of hydrogen-bond donors (Lipinski definition) is 1. The van der Waals surface area contributed by atoms with E-state index in [1.165, 1.54) is 5.56 Å².